The molecule has 0 rings (SSSR count). The van der Waals surface area contributed by atoms with Crippen molar-refractivity contribution in [3.63, 3.8) is 0 Å². The number of nitrogens with two attached hydrogens (primary N) is 2. The summed E-state index contributed by atoms with van der Waals surface area (Å²) in [5.74, 6) is -7.56. The Bertz CT molecular complexity index is 659. The zero-order chi connectivity index (χ0) is 22.7. The molecule has 0 spiro atoms. The smallest absolute Gasteiger partial charge is 0.327 e. The first kappa shape index (κ1) is 26.1. The van der Waals surface area contributed by atoms with Gasteiger partial charge in [0.05, 0.1) is 19.4 Å². The highest BCUT2D eigenvalue weighted by Crippen LogP contribution is 2.00. The lowest BCUT2D eigenvalue weighted by Gasteiger charge is -2.23. The number of amides is 4. The largest absolute Gasteiger partial charge is 0.481 e. The van der Waals surface area contributed by atoms with Gasteiger partial charge in [0.2, 0.25) is 23.6 Å². The molecule has 0 bridgehead atoms. The van der Waals surface area contributed by atoms with Crippen molar-refractivity contribution in [1.82, 2.24) is 16.0 Å². The van der Waals surface area contributed by atoms with Crippen LogP contribution in [-0.2, 0) is 28.8 Å². The minimum atomic E-state index is -1.74. The Hall–Kier alpha value is -2.91. The predicted octanol–water partition coefficient (Wildman–Crippen LogP) is -4.88. The van der Waals surface area contributed by atoms with Crippen LogP contribution in [0.15, 0.2) is 0 Å². The fraction of sp³-hybridized carbons (Fsp3) is 0.571. The molecule has 0 aromatic heterocycles. The molecule has 14 nitrogen and oxygen atoms in total. The van der Waals surface area contributed by atoms with Crippen LogP contribution < -0.4 is 27.4 Å². The predicted molar refractivity (Wildman–Crippen MR) is 98.4 cm³/mol. The van der Waals surface area contributed by atoms with E-state index >= 15 is 0 Å². The first-order valence-corrected chi connectivity index (χ1v) is 8.67. The number of carbonyl (C=O) groups excluding carboxylic acids is 4. The quantitative estimate of drug-likeness (QED) is 0.124. The van der Waals surface area contributed by atoms with Crippen molar-refractivity contribution in [3.05, 3.63) is 0 Å². The molecule has 4 amide bonds. The van der Waals surface area contributed by atoms with Crippen LogP contribution in [0.1, 0.15) is 12.8 Å². The summed E-state index contributed by atoms with van der Waals surface area (Å²) in [5, 5.41) is 32.8. The number of carboxylic acids is 2. The summed E-state index contributed by atoms with van der Waals surface area (Å²) < 4.78 is 0. The molecule has 0 aromatic rings. The second-order valence-electron chi connectivity index (χ2n) is 5.76. The number of carboxylic acid groups (broad SMARTS) is 2. The maximum Gasteiger partial charge on any atom is 0.327 e. The minimum Gasteiger partial charge on any atom is -0.481 e. The molecule has 0 heterocycles. The van der Waals surface area contributed by atoms with E-state index in [-0.39, 0.29) is 5.75 Å². The Morgan fingerprint density at radius 2 is 1.28 bits per heavy atom. The Kier molecular flexibility index (Phi) is 11.3. The molecule has 0 aliphatic heterocycles. The van der Waals surface area contributed by atoms with Gasteiger partial charge < -0.3 is 42.7 Å². The highest BCUT2D eigenvalue weighted by Gasteiger charge is 2.31. The molecule has 29 heavy (non-hydrogen) atoms. The summed E-state index contributed by atoms with van der Waals surface area (Å²) in [6.07, 6.45) is -1.64. The normalized spacial score (nSPS) is 14.6. The third-order valence-electron chi connectivity index (χ3n) is 3.38. The molecule has 0 saturated carbocycles. The van der Waals surface area contributed by atoms with E-state index in [1.54, 1.807) is 0 Å². The second kappa shape index (κ2) is 12.5. The van der Waals surface area contributed by atoms with E-state index < -0.39 is 79.2 Å². The number of thiol groups is 1. The number of aliphatic hydroxyl groups is 1. The van der Waals surface area contributed by atoms with Crippen molar-refractivity contribution in [2.24, 2.45) is 11.5 Å². The number of hydrogen-bond acceptors (Lipinski definition) is 9. The lowest BCUT2D eigenvalue weighted by molar-refractivity contribution is -0.143. The number of carbonyl (C=O) groups is 6. The van der Waals surface area contributed by atoms with Crippen LogP contribution in [0.5, 0.6) is 0 Å². The summed E-state index contributed by atoms with van der Waals surface area (Å²) >= 11 is 3.74. The van der Waals surface area contributed by atoms with Crippen molar-refractivity contribution < 1.29 is 44.1 Å². The first-order chi connectivity index (χ1) is 13.4. The highest BCUT2D eigenvalue weighted by molar-refractivity contribution is 7.80. The van der Waals surface area contributed by atoms with Crippen molar-refractivity contribution in [1.29, 1.82) is 0 Å². The molecule has 164 valence electrons. The van der Waals surface area contributed by atoms with Gasteiger partial charge in [0.15, 0.2) is 0 Å². The summed E-state index contributed by atoms with van der Waals surface area (Å²) in [4.78, 5) is 69.4. The van der Waals surface area contributed by atoms with E-state index in [4.69, 9.17) is 26.8 Å². The second-order valence-corrected chi connectivity index (χ2v) is 6.13. The van der Waals surface area contributed by atoms with Crippen molar-refractivity contribution in [2.75, 3.05) is 12.4 Å². The summed E-state index contributed by atoms with van der Waals surface area (Å²) in [5.41, 5.74) is 10.3. The van der Waals surface area contributed by atoms with Gasteiger partial charge in [-0.1, -0.05) is 0 Å². The minimum absolute atomic E-state index is 0.311. The Labute approximate surface area is 169 Å². The van der Waals surface area contributed by atoms with Gasteiger partial charge in [-0.05, 0) is 0 Å². The van der Waals surface area contributed by atoms with Gasteiger partial charge in [0.1, 0.15) is 24.2 Å². The first-order valence-electron chi connectivity index (χ1n) is 8.04. The molecule has 0 aliphatic carbocycles. The van der Waals surface area contributed by atoms with Crippen LogP contribution in [0.2, 0.25) is 0 Å². The number of aliphatic carboxylic acids is 2. The molecule has 4 atom stereocenters. The van der Waals surface area contributed by atoms with E-state index in [2.05, 4.69) is 12.6 Å². The molecule has 10 N–H and O–H groups in total. The lowest BCUT2D eigenvalue weighted by Crippen LogP contribution is -2.58. The zero-order valence-electron chi connectivity index (χ0n) is 15.0. The van der Waals surface area contributed by atoms with Crippen LogP contribution in [0.4, 0.5) is 0 Å². The van der Waals surface area contributed by atoms with Gasteiger partial charge in [-0.2, -0.15) is 12.6 Å². The third-order valence-corrected chi connectivity index (χ3v) is 3.75. The topological polar surface area (TPSA) is 251 Å². The molecule has 0 saturated heterocycles. The summed E-state index contributed by atoms with van der Waals surface area (Å²) in [6.45, 7) is -0.763. The van der Waals surface area contributed by atoms with Gasteiger partial charge in [0.25, 0.3) is 0 Å². The van der Waals surface area contributed by atoms with Crippen molar-refractivity contribution >= 4 is 48.2 Å². The van der Waals surface area contributed by atoms with Crippen LogP contribution in [0.25, 0.3) is 0 Å². The third kappa shape index (κ3) is 9.72. The van der Waals surface area contributed by atoms with Gasteiger partial charge in [-0.25, -0.2) is 4.79 Å². The number of nitrogens with one attached hydrogen (secondary N) is 3. The van der Waals surface area contributed by atoms with Gasteiger partial charge in [-0.15, -0.1) is 0 Å². The highest BCUT2D eigenvalue weighted by atomic mass is 32.1. The standard InChI is InChI=1S/C14H23N5O9S/c15-5(3-20)11(24)17-6(1-9(16)21)12(25)18-7(2-10(22)23)13(26)19-8(4-29)14(27)28/h5-8,20,29H,1-4,15H2,(H2,16,21)(H,17,24)(H,18,25)(H,19,26)(H,22,23)(H,27,28). The van der Waals surface area contributed by atoms with E-state index in [1.807, 2.05) is 16.0 Å². The fourth-order valence-electron chi connectivity index (χ4n) is 1.89. The molecule has 0 radical (unpaired) electrons. The monoisotopic (exact) mass is 437 g/mol. The summed E-state index contributed by atoms with van der Waals surface area (Å²) in [7, 11) is 0. The maximum atomic E-state index is 12.4. The fourth-order valence-corrected chi connectivity index (χ4v) is 2.13. The number of aliphatic hydroxyl groups excluding tert-OH is 1. The van der Waals surface area contributed by atoms with Gasteiger partial charge >= 0.3 is 11.9 Å². The van der Waals surface area contributed by atoms with Crippen LogP contribution in [0, 0.1) is 0 Å². The average Bonchev–Trinajstić information content (AvgIpc) is 2.62. The van der Waals surface area contributed by atoms with Crippen LogP contribution >= 0.6 is 12.6 Å². The Morgan fingerprint density at radius 3 is 1.66 bits per heavy atom. The molecule has 15 heteroatoms. The maximum absolute atomic E-state index is 12.4. The Balaban J connectivity index is 5.42. The Morgan fingerprint density at radius 1 is 0.828 bits per heavy atom. The number of primary amides is 1. The van der Waals surface area contributed by atoms with E-state index in [0.29, 0.717) is 0 Å². The average molecular weight is 437 g/mol. The van der Waals surface area contributed by atoms with E-state index in [9.17, 15) is 28.8 Å². The van der Waals surface area contributed by atoms with Crippen molar-refractivity contribution in [2.45, 2.75) is 37.0 Å². The molecule has 4 unspecified atom stereocenters. The number of rotatable bonds is 13. The van der Waals surface area contributed by atoms with Gasteiger partial charge in [0, 0.05) is 5.75 Å². The zero-order valence-corrected chi connectivity index (χ0v) is 15.9. The van der Waals surface area contributed by atoms with Crippen molar-refractivity contribution in [3.8, 4) is 0 Å². The van der Waals surface area contributed by atoms with Gasteiger partial charge in [-0.3, -0.25) is 24.0 Å². The van der Waals surface area contributed by atoms with Crippen LogP contribution in [-0.4, -0.2) is 87.4 Å². The van der Waals surface area contributed by atoms with Crippen LogP contribution in [0.3, 0.4) is 0 Å². The lowest BCUT2D eigenvalue weighted by atomic mass is 10.1. The molecule has 0 fully saturated rings. The molecule has 0 aromatic carbocycles. The SMILES string of the molecule is NC(=O)CC(NC(=O)C(N)CO)C(=O)NC(CC(=O)O)C(=O)NC(CS)C(=O)O. The number of hydrogen-bond donors (Lipinski definition) is 9. The molecule has 0 aliphatic rings. The van der Waals surface area contributed by atoms with E-state index in [0.717, 1.165) is 0 Å². The molecular formula is C14H23N5O9S. The molecular weight excluding hydrogens is 414 g/mol. The van der Waals surface area contributed by atoms with E-state index in [1.165, 1.54) is 0 Å². The summed E-state index contributed by atoms with van der Waals surface area (Å²) in [6, 6.07) is -6.23.